The molecule has 0 radical (unpaired) electrons. The molecule has 0 aliphatic carbocycles. The molecule has 1 aromatic carbocycles. The van der Waals surface area contributed by atoms with Crippen LogP contribution in [0.4, 0.5) is 5.69 Å². The van der Waals surface area contributed by atoms with Gasteiger partial charge in [-0.05, 0) is 32.1 Å². The van der Waals surface area contributed by atoms with Gasteiger partial charge in [0.25, 0.3) is 5.69 Å². The maximum atomic E-state index is 11.3. The predicted molar refractivity (Wildman–Crippen MR) is 106 cm³/mol. The molecule has 1 unspecified atom stereocenters. The number of ether oxygens (including phenoxy) is 3. The number of rotatable bonds is 11. The Hall–Kier alpha value is -1.64. The summed E-state index contributed by atoms with van der Waals surface area (Å²) in [7, 11) is 5.76. The molecule has 0 saturated heterocycles. The van der Waals surface area contributed by atoms with Crippen LogP contribution in [-0.2, 0) is 11.3 Å². The highest BCUT2D eigenvalue weighted by Crippen LogP contribution is 2.35. The number of hydrogen-bond acceptors (Lipinski definition) is 6. The molecule has 0 aliphatic heterocycles. The summed E-state index contributed by atoms with van der Waals surface area (Å²) in [5, 5.41) is 11.3. The van der Waals surface area contributed by atoms with E-state index >= 15 is 0 Å². The second-order valence-corrected chi connectivity index (χ2v) is 12.1. The van der Waals surface area contributed by atoms with Crippen LogP contribution in [0.2, 0.25) is 18.6 Å². The summed E-state index contributed by atoms with van der Waals surface area (Å²) in [4.78, 5) is 10.9. The lowest BCUT2D eigenvalue weighted by Gasteiger charge is -2.37. The molecule has 0 aliphatic rings. The van der Waals surface area contributed by atoms with Gasteiger partial charge >= 0.3 is 0 Å². The summed E-state index contributed by atoms with van der Waals surface area (Å²) in [5.74, 6) is 0.803. The van der Waals surface area contributed by atoms with Gasteiger partial charge in [0.15, 0.2) is 11.5 Å². The van der Waals surface area contributed by atoms with Crippen molar-refractivity contribution in [1.82, 2.24) is 4.57 Å². The molecule has 148 valence electrons. The van der Waals surface area contributed by atoms with Gasteiger partial charge in [-0.3, -0.25) is 10.1 Å². The van der Waals surface area contributed by atoms with E-state index in [1.807, 2.05) is 0 Å². The van der Waals surface area contributed by atoms with Crippen molar-refractivity contribution in [3.05, 3.63) is 27.8 Å². The second kappa shape index (κ2) is 9.89. The van der Waals surface area contributed by atoms with E-state index in [1.165, 1.54) is 20.3 Å². The monoisotopic (exact) mass is 384 g/mol. The van der Waals surface area contributed by atoms with Crippen LogP contribution in [0.15, 0.2) is 12.1 Å². The number of nitro benzene ring substituents is 1. The highest BCUT2D eigenvalue weighted by Gasteiger charge is 2.32. The van der Waals surface area contributed by atoms with Gasteiger partial charge in [-0.25, -0.2) is 0 Å². The van der Waals surface area contributed by atoms with E-state index in [4.69, 9.17) is 14.2 Å². The molecule has 0 N–H and O–H groups in total. The molecule has 0 saturated carbocycles. The zero-order valence-corrected chi connectivity index (χ0v) is 18.0. The largest absolute Gasteiger partial charge is 0.493 e. The number of nitro groups is 1. The standard InChI is InChI=1S/C18H32N2O5Si/c1-8-15(26(6,7)19(2)3)9-10-25-13-14-11-17(23-4)18(24-5)12-16(14)20(21)22/h11-12,15H,8-10,13H2,1-7H3. The summed E-state index contributed by atoms with van der Waals surface area (Å²) in [6.45, 7) is 7.69. The average molecular weight is 385 g/mol. The molecule has 1 aromatic rings. The van der Waals surface area contributed by atoms with Crippen molar-refractivity contribution >= 4 is 13.9 Å². The summed E-state index contributed by atoms with van der Waals surface area (Å²) in [5.41, 5.74) is 1.08. The van der Waals surface area contributed by atoms with Crippen molar-refractivity contribution in [1.29, 1.82) is 0 Å². The third-order valence-electron chi connectivity index (χ3n) is 5.29. The van der Waals surface area contributed by atoms with Crippen LogP contribution in [0.5, 0.6) is 11.5 Å². The maximum Gasteiger partial charge on any atom is 0.278 e. The molecule has 7 nitrogen and oxygen atoms in total. The highest BCUT2D eigenvalue weighted by atomic mass is 28.3. The Kier molecular flexibility index (Phi) is 8.52. The van der Waals surface area contributed by atoms with E-state index in [1.54, 1.807) is 6.07 Å². The molecule has 1 atom stereocenters. The van der Waals surface area contributed by atoms with Gasteiger partial charge in [0.2, 0.25) is 0 Å². The molecule has 0 aromatic heterocycles. The van der Waals surface area contributed by atoms with Crippen LogP contribution in [0.1, 0.15) is 25.3 Å². The number of hydrogen-bond donors (Lipinski definition) is 0. The molecule has 0 heterocycles. The normalized spacial score (nSPS) is 12.9. The smallest absolute Gasteiger partial charge is 0.278 e. The van der Waals surface area contributed by atoms with E-state index in [-0.39, 0.29) is 12.3 Å². The van der Waals surface area contributed by atoms with Gasteiger partial charge in [-0.1, -0.05) is 26.4 Å². The molecule has 8 heteroatoms. The average Bonchev–Trinajstić information content (AvgIpc) is 2.60. The van der Waals surface area contributed by atoms with Crippen molar-refractivity contribution in [2.75, 3.05) is 34.9 Å². The van der Waals surface area contributed by atoms with Gasteiger partial charge in [-0.2, -0.15) is 0 Å². The van der Waals surface area contributed by atoms with Crippen LogP contribution >= 0.6 is 0 Å². The first-order valence-electron chi connectivity index (χ1n) is 8.83. The van der Waals surface area contributed by atoms with Gasteiger partial charge in [0.05, 0.1) is 37.4 Å². The lowest BCUT2D eigenvalue weighted by Crippen LogP contribution is -2.47. The van der Waals surface area contributed by atoms with Crippen molar-refractivity contribution < 1.29 is 19.1 Å². The minimum atomic E-state index is -1.49. The molecular weight excluding hydrogens is 352 g/mol. The predicted octanol–water partition coefficient (Wildman–Crippen LogP) is 4.07. The van der Waals surface area contributed by atoms with Crippen molar-refractivity contribution in [3.63, 3.8) is 0 Å². The van der Waals surface area contributed by atoms with Gasteiger partial charge in [0.1, 0.15) is 8.24 Å². The SMILES string of the molecule is CCC(CCOCc1cc(OC)c(OC)cc1[N+](=O)[O-])[Si](C)(C)N(C)C. The fraction of sp³-hybridized carbons (Fsp3) is 0.667. The zero-order chi connectivity index (χ0) is 19.9. The summed E-state index contributed by atoms with van der Waals surface area (Å²) in [6, 6.07) is 3.00. The number of methoxy groups -OCH3 is 2. The number of benzene rings is 1. The van der Waals surface area contributed by atoms with E-state index in [0.717, 1.165) is 12.8 Å². The fourth-order valence-corrected chi connectivity index (χ4v) is 5.58. The molecule has 0 fully saturated rings. The lowest BCUT2D eigenvalue weighted by atomic mass is 10.1. The topological polar surface area (TPSA) is 74.1 Å². The Balaban J connectivity index is 2.79. The Bertz CT molecular complexity index is 607. The Labute approximate surface area is 157 Å². The number of nitrogens with zero attached hydrogens (tertiary/aromatic N) is 2. The summed E-state index contributed by atoms with van der Waals surface area (Å²) < 4.78 is 18.5. The zero-order valence-electron chi connectivity index (χ0n) is 17.0. The van der Waals surface area contributed by atoms with E-state index < -0.39 is 13.2 Å². The van der Waals surface area contributed by atoms with Crippen molar-refractivity contribution in [2.24, 2.45) is 0 Å². The second-order valence-electron chi connectivity index (χ2n) is 7.09. The molecule has 0 spiro atoms. The Morgan fingerprint density at radius 1 is 1.19 bits per heavy atom. The molecule has 0 bridgehead atoms. The van der Waals surface area contributed by atoms with E-state index in [2.05, 4.69) is 38.7 Å². The van der Waals surface area contributed by atoms with Crippen LogP contribution < -0.4 is 9.47 Å². The van der Waals surface area contributed by atoms with Crippen molar-refractivity contribution in [3.8, 4) is 11.5 Å². The Morgan fingerprint density at radius 2 is 1.77 bits per heavy atom. The van der Waals surface area contributed by atoms with Crippen LogP contribution in [0, 0.1) is 10.1 Å². The molecule has 1 rings (SSSR count). The lowest BCUT2D eigenvalue weighted by molar-refractivity contribution is -0.386. The first-order chi connectivity index (χ1) is 12.2. The molecular formula is C18H32N2O5Si. The van der Waals surface area contributed by atoms with E-state index in [9.17, 15) is 10.1 Å². The summed E-state index contributed by atoms with van der Waals surface area (Å²) in [6.07, 6.45) is 2.06. The van der Waals surface area contributed by atoms with Gasteiger partial charge in [-0.15, -0.1) is 0 Å². The Morgan fingerprint density at radius 3 is 2.23 bits per heavy atom. The third-order valence-corrected chi connectivity index (χ3v) is 10.3. The quantitative estimate of drug-likeness (QED) is 0.248. The molecule has 0 amide bonds. The fourth-order valence-electron chi connectivity index (χ4n) is 3.03. The minimum absolute atomic E-state index is 0.0160. The minimum Gasteiger partial charge on any atom is -0.493 e. The summed E-state index contributed by atoms with van der Waals surface area (Å²) >= 11 is 0. The van der Waals surface area contributed by atoms with Crippen LogP contribution in [0.25, 0.3) is 0 Å². The maximum absolute atomic E-state index is 11.3. The third kappa shape index (κ3) is 5.42. The van der Waals surface area contributed by atoms with Crippen molar-refractivity contribution in [2.45, 2.75) is 45.0 Å². The first kappa shape index (κ1) is 22.4. The highest BCUT2D eigenvalue weighted by molar-refractivity contribution is 6.76. The van der Waals surface area contributed by atoms with Crippen LogP contribution in [-0.4, -0.2) is 52.6 Å². The van der Waals surface area contributed by atoms with Gasteiger partial charge in [0, 0.05) is 6.61 Å². The van der Waals surface area contributed by atoms with Gasteiger partial charge < -0.3 is 18.8 Å². The molecule has 26 heavy (non-hydrogen) atoms. The first-order valence-corrected chi connectivity index (χ1v) is 11.9. The van der Waals surface area contributed by atoms with E-state index in [0.29, 0.717) is 29.2 Å². The van der Waals surface area contributed by atoms with Crippen LogP contribution in [0.3, 0.4) is 0 Å².